The molecule has 110 valence electrons. The Bertz CT molecular complexity index is 806. The summed E-state index contributed by atoms with van der Waals surface area (Å²) in [6, 6.07) is 10.0. The number of rotatable bonds is 4. The van der Waals surface area contributed by atoms with Crippen molar-refractivity contribution in [3.05, 3.63) is 53.1 Å². The molecule has 8 heteroatoms. The van der Waals surface area contributed by atoms with Gasteiger partial charge in [0.25, 0.3) is 15.9 Å². The lowest BCUT2D eigenvalue weighted by molar-refractivity contribution is 0.100. The largest absolute Gasteiger partial charge is 0.398 e. The summed E-state index contributed by atoms with van der Waals surface area (Å²) in [4.78, 5) is 11.2. The van der Waals surface area contributed by atoms with Crippen molar-refractivity contribution in [1.82, 2.24) is 0 Å². The van der Waals surface area contributed by atoms with Gasteiger partial charge in [-0.05, 0) is 30.3 Å². The number of anilines is 2. The lowest BCUT2D eigenvalue weighted by Gasteiger charge is -2.12. The van der Waals surface area contributed by atoms with Gasteiger partial charge in [-0.15, -0.1) is 0 Å². The maximum absolute atomic E-state index is 12.3. The number of carbonyl (C=O) groups is 1. The molecular formula is C13H12ClN3O3S. The van der Waals surface area contributed by atoms with Gasteiger partial charge in [-0.25, -0.2) is 8.42 Å². The van der Waals surface area contributed by atoms with Crippen LogP contribution in [0.25, 0.3) is 0 Å². The van der Waals surface area contributed by atoms with Gasteiger partial charge in [0.15, 0.2) is 0 Å². The molecule has 0 unspecified atom stereocenters. The molecule has 2 rings (SSSR count). The minimum absolute atomic E-state index is 0.00607. The highest BCUT2D eigenvalue weighted by atomic mass is 35.5. The Morgan fingerprint density at radius 2 is 1.81 bits per heavy atom. The maximum atomic E-state index is 12.3. The molecule has 0 aliphatic rings. The van der Waals surface area contributed by atoms with E-state index in [2.05, 4.69) is 4.72 Å². The predicted octanol–water partition coefficient (Wildman–Crippen LogP) is 1.82. The summed E-state index contributed by atoms with van der Waals surface area (Å²) in [7, 11) is -3.96. The maximum Gasteiger partial charge on any atom is 0.263 e. The number of amides is 1. The van der Waals surface area contributed by atoms with E-state index in [1.165, 1.54) is 30.3 Å². The van der Waals surface area contributed by atoms with Crippen LogP contribution in [-0.4, -0.2) is 14.3 Å². The summed E-state index contributed by atoms with van der Waals surface area (Å²) in [5, 5.41) is 0.323. The number of primary amides is 1. The molecule has 5 N–H and O–H groups in total. The Kier molecular flexibility index (Phi) is 4.06. The molecule has 0 atom stereocenters. The van der Waals surface area contributed by atoms with Gasteiger partial charge in [-0.1, -0.05) is 23.7 Å². The quantitative estimate of drug-likeness (QED) is 0.743. The van der Waals surface area contributed by atoms with E-state index in [0.29, 0.717) is 5.02 Å². The number of nitrogens with one attached hydrogen (secondary N) is 1. The molecule has 6 nitrogen and oxygen atoms in total. The van der Waals surface area contributed by atoms with E-state index in [4.69, 9.17) is 23.1 Å². The van der Waals surface area contributed by atoms with E-state index >= 15 is 0 Å². The fraction of sp³-hybridized carbons (Fsp3) is 0. The smallest absolute Gasteiger partial charge is 0.263 e. The number of hydrogen-bond acceptors (Lipinski definition) is 4. The van der Waals surface area contributed by atoms with Crippen molar-refractivity contribution in [2.45, 2.75) is 4.90 Å². The highest BCUT2D eigenvalue weighted by Crippen LogP contribution is 2.25. The first-order chi connectivity index (χ1) is 9.81. The van der Waals surface area contributed by atoms with Crippen molar-refractivity contribution >= 4 is 38.9 Å². The zero-order valence-electron chi connectivity index (χ0n) is 10.7. The molecular weight excluding hydrogens is 314 g/mol. The van der Waals surface area contributed by atoms with E-state index < -0.39 is 15.9 Å². The van der Waals surface area contributed by atoms with Crippen molar-refractivity contribution in [2.24, 2.45) is 5.73 Å². The standard InChI is InChI=1S/C13H12ClN3O3S/c14-8-5-6-12(10(15)7-8)21(19,20)17-11-4-2-1-3-9(11)13(16)18/h1-7,17H,15H2,(H2,16,18). The van der Waals surface area contributed by atoms with E-state index in [0.717, 1.165) is 0 Å². The van der Waals surface area contributed by atoms with E-state index in [9.17, 15) is 13.2 Å². The molecule has 0 aliphatic carbocycles. The predicted molar refractivity (Wildman–Crippen MR) is 81.6 cm³/mol. The van der Waals surface area contributed by atoms with E-state index in [-0.39, 0.29) is 21.8 Å². The first kappa shape index (κ1) is 15.1. The molecule has 2 aromatic rings. The molecule has 0 fully saturated rings. The molecule has 0 saturated carbocycles. The Balaban J connectivity index is 2.45. The molecule has 0 radical (unpaired) electrons. The molecule has 21 heavy (non-hydrogen) atoms. The van der Waals surface area contributed by atoms with E-state index in [1.54, 1.807) is 12.1 Å². The number of hydrogen-bond donors (Lipinski definition) is 3. The van der Waals surface area contributed by atoms with Gasteiger partial charge < -0.3 is 11.5 Å². The molecule has 0 heterocycles. The molecule has 0 bridgehead atoms. The van der Waals surface area contributed by atoms with Gasteiger partial charge >= 0.3 is 0 Å². The average Bonchev–Trinajstić information content (AvgIpc) is 2.37. The zero-order chi connectivity index (χ0) is 15.6. The van der Waals surface area contributed by atoms with Crippen LogP contribution in [0.15, 0.2) is 47.4 Å². The summed E-state index contributed by atoms with van der Waals surface area (Å²) in [6.07, 6.45) is 0. The van der Waals surface area contributed by atoms with Crippen molar-refractivity contribution in [1.29, 1.82) is 0 Å². The monoisotopic (exact) mass is 325 g/mol. The minimum atomic E-state index is -3.96. The number of sulfonamides is 1. The van der Waals surface area contributed by atoms with Crippen LogP contribution >= 0.6 is 11.6 Å². The van der Waals surface area contributed by atoms with Crippen molar-refractivity contribution in [3.63, 3.8) is 0 Å². The summed E-state index contributed by atoms with van der Waals surface area (Å²) in [5.41, 5.74) is 11.0. The van der Waals surface area contributed by atoms with Crippen LogP contribution in [0.5, 0.6) is 0 Å². The topological polar surface area (TPSA) is 115 Å². The molecule has 0 saturated heterocycles. The Hall–Kier alpha value is -2.25. The third-order valence-corrected chi connectivity index (χ3v) is 4.37. The zero-order valence-corrected chi connectivity index (χ0v) is 12.3. The number of carbonyl (C=O) groups excluding carboxylic acids is 1. The number of para-hydroxylation sites is 1. The fourth-order valence-corrected chi connectivity index (χ4v) is 3.13. The summed E-state index contributed by atoms with van der Waals surface area (Å²) in [6.45, 7) is 0. The highest BCUT2D eigenvalue weighted by molar-refractivity contribution is 7.92. The van der Waals surface area contributed by atoms with Crippen molar-refractivity contribution < 1.29 is 13.2 Å². The van der Waals surface area contributed by atoms with Gasteiger partial charge in [0.1, 0.15) is 4.90 Å². The summed E-state index contributed by atoms with van der Waals surface area (Å²) < 4.78 is 26.9. The number of benzene rings is 2. The van der Waals surface area contributed by atoms with E-state index in [1.807, 2.05) is 0 Å². The number of nitrogen functional groups attached to an aromatic ring is 1. The lowest BCUT2D eigenvalue weighted by atomic mass is 10.2. The average molecular weight is 326 g/mol. The number of halogens is 1. The second kappa shape index (κ2) is 5.63. The van der Waals surface area contributed by atoms with Crippen molar-refractivity contribution in [3.8, 4) is 0 Å². The third kappa shape index (κ3) is 3.26. The molecule has 1 amide bonds. The highest BCUT2D eigenvalue weighted by Gasteiger charge is 2.20. The Labute approximate surface area is 126 Å². The molecule has 0 aliphatic heterocycles. The second-order valence-corrected chi connectivity index (χ2v) is 6.28. The Morgan fingerprint density at radius 3 is 2.43 bits per heavy atom. The SMILES string of the molecule is NC(=O)c1ccccc1NS(=O)(=O)c1ccc(Cl)cc1N. The fourth-order valence-electron chi connectivity index (χ4n) is 1.75. The Morgan fingerprint density at radius 1 is 1.14 bits per heavy atom. The molecule has 2 aromatic carbocycles. The first-order valence-electron chi connectivity index (χ1n) is 5.78. The van der Waals surface area contributed by atoms with Crippen LogP contribution in [0.2, 0.25) is 5.02 Å². The van der Waals surface area contributed by atoms with Gasteiger partial charge in [-0.3, -0.25) is 9.52 Å². The van der Waals surface area contributed by atoms with Crippen LogP contribution in [0.3, 0.4) is 0 Å². The van der Waals surface area contributed by atoms with Crippen molar-refractivity contribution in [2.75, 3.05) is 10.5 Å². The van der Waals surface area contributed by atoms with Gasteiger partial charge in [0.05, 0.1) is 16.9 Å². The van der Waals surface area contributed by atoms with Gasteiger partial charge in [0.2, 0.25) is 0 Å². The van der Waals surface area contributed by atoms with Gasteiger partial charge in [0, 0.05) is 5.02 Å². The minimum Gasteiger partial charge on any atom is -0.398 e. The lowest BCUT2D eigenvalue weighted by Crippen LogP contribution is -2.19. The second-order valence-electron chi connectivity index (χ2n) is 4.20. The van der Waals surface area contributed by atoms with Crippen LogP contribution in [0.4, 0.5) is 11.4 Å². The van der Waals surface area contributed by atoms with Crippen LogP contribution in [0.1, 0.15) is 10.4 Å². The summed E-state index contributed by atoms with van der Waals surface area (Å²) in [5.74, 6) is -0.739. The molecule has 0 spiro atoms. The van der Waals surface area contributed by atoms with Crippen LogP contribution in [-0.2, 0) is 10.0 Å². The normalized spacial score (nSPS) is 11.1. The van der Waals surface area contributed by atoms with Crippen LogP contribution in [0, 0.1) is 0 Å². The van der Waals surface area contributed by atoms with Gasteiger partial charge in [-0.2, -0.15) is 0 Å². The number of nitrogens with two attached hydrogens (primary N) is 2. The summed E-state index contributed by atoms with van der Waals surface area (Å²) >= 11 is 5.74. The third-order valence-electron chi connectivity index (χ3n) is 2.70. The van der Waals surface area contributed by atoms with Crippen LogP contribution < -0.4 is 16.2 Å². The first-order valence-corrected chi connectivity index (χ1v) is 7.64. The molecule has 0 aromatic heterocycles.